The first-order chi connectivity index (χ1) is 8.85. The fourth-order valence-corrected chi connectivity index (χ4v) is 1.38. The van der Waals surface area contributed by atoms with E-state index in [4.69, 9.17) is 5.11 Å². The lowest BCUT2D eigenvalue weighted by molar-refractivity contribution is -0.388. The average molecular weight is 303 g/mol. The summed E-state index contributed by atoms with van der Waals surface area (Å²) < 4.78 is 75.0. The number of carboxylic acids is 1. The molecule has 1 rings (SSSR count). The summed E-state index contributed by atoms with van der Waals surface area (Å²) in [6.07, 6.45) is -10.8. The molecule has 1 N–H and O–H groups in total. The van der Waals surface area contributed by atoms with Gasteiger partial charge >= 0.3 is 18.3 Å². The van der Waals surface area contributed by atoms with Crippen LogP contribution in [0.15, 0.2) is 12.1 Å². The predicted octanol–water partition coefficient (Wildman–Crippen LogP) is 3.33. The topological polar surface area (TPSA) is 80.4 Å². The fourth-order valence-electron chi connectivity index (χ4n) is 1.38. The van der Waals surface area contributed by atoms with E-state index in [-0.39, 0.29) is 6.07 Å². The lowest BCUT2D eigenvalue weighted by Gasteiger charge is -2.14. The number of carboxylic acid groups (broad SMARTS) is 1. The first kappa shape index (κ1) is 15.7. The third kappa shape index (κ3) is 2.97. The van der Waals surface area contributed by atoms with Gasteiger partial charge in [-0.2, -0.15) is 26.3 Å². The van der Waals surface area contributed by atoms with Gasteiger partial charge in [0.2, 0.25) is 0 Å². The SMILES string of the molecule is O=C(O)c1cc([N+](=O)[O-])c(C(F)(F)F)cc1C(F)(F)F. The second kappa shape index (κ2) is 4.65. The maximum absolute atomic E-state index is 12.5. The summed E-state index contributed by atoms with van der Waals surface area (Å²) in [4.78, 5) is 19.4. The number of hydrogen-bond acceptors (Lipinski definition) is 3. The number of nitro benzene ring substituents is 1. The predicted molar refractivity (Wildman–Crippen MR) is 50.1 cm³/mol. The van der Waals surface area contributed by atoms with Crippen LogP contribution in [0, 0.1) is 10.1 Å². The number of halogens is 6. The number of nitro groups is 1. The molecule has 1 aromatic carbocycles. The van der Waals surface area contributed by atoms with Gasteiger partial charge in [-0.1, -0.05) is 0 Å². The minimum atomic E-state index is -5.43. The minimum Gasteiger partial charge on any atom is -0.478 e. The van der Waals surface area contributed by atoms with E-state index in [0.29, 0.717) is 0 Å². The summed E-state index contributed by atoms with van der Waals surface area (Å²) in [7, 11) is 0. The Morgan fingerprint density at radius 2 is 1.50 bits per heavy atom. The number of benzene rings is 1. The van der Waals surface area contributed by atoms with Gasteiger partial charge in [0.1, 0.15) is 5.56 Å². The zero-order valence-corrected chi connectivity index (χ0v) is 9.04. The highest BCUT2D eigenvalue weighted by Crippen LogP contribution is 2.42. The van der Waals surface area contributed by atoms with E-state index in [0.717, 1.165) is 0 Å². The van der Waals surface area contributed by atoms with Crippen LogP contribution >= 0.6 is 0 Å². The average Bonchev–Trinajstić information content (AvgIpc) is 2.24. The Morgan fingerprint density at radius 3 is 1.80 bits per heavy atom. The normalized spacial score (nSPS) is 12.3. The number of nitrogens with zero attached hydrogens (tertiary/aromatic N) is 1. The molecular weight excluding hydrogens is 300 g/mol. The van der Waals surface area contributed by atoms with Gasteiger partial charge in [0.15, 0.2) is 0 Å². The van der Waals surface area contributed by atoms with Crippen molar-refractivity contribution in [3.63, 3.8) is 0 Å². The van der Waals surface area contributed by atoms with Gasteiger partial charge in [0, 0.05) is 6.07 Å². The number of hydrogen-bond donors (Lipinski definition) is 1. The highest BCUT2D eigenvalue weighted by Gasteiger charge is 2.44. The fraction of sp³-hybridized carbons (Fsp3) is 0.222. The lowest BCUT2D eigenvalue weighted by atomic mass is 10.0. The van der Waals surface area contributed by atoms with Crippen molar-refractivity contribution in [3.05, 3.63) is 38.9 Å². The standard InChI is InChI=1S/C9H3F6NO4/c10-8(11,12)4-2-5(9(13,14)15)6(16(19)20)1-3(4)7(17)18/h1-2H,(H,17,18). The van der Waals surface area contributed by atoms with Crippen molar-refractivity contribution < 1.29 is 41.2 Å². The number of rotatable bonds is 2. The Balaban J connectivity index is 3.79. The van der Waals surface area contributed by atoms with Gasteiger partial charge in [-0.25, -0.2) is 4.79 Å². The van der Waals surface area contributed by atoms with Crippen molar-refractivity contribution in [1.29, 1.82) is 0 Å². The summed E-state index contributed by atoms with van der Waals surface area (Å²) in [5.74, 6) is -2.23. The Morgan fingerprint density at radius 1 is 1.05 bits per heavy atom. The van der Waals surface area contributed by atoms with Crippen LogP contribution in [0.2, 0.25) is 0 Å². The van der Waals surface area contributed by atoms with Crippen molar-refractivity contribution in [3.8, 4) is 0 Å². The van der Waals surface area contributed by atoms with Crippen molar-refractivity contribution in [2.45, 2.75) is 12.4 Å². The summed E-state index contributed by atoms with van der Waals surface area (Å²) >= 11 is 0. The molecule has 0 bridgehead atoms. The molecule has 11 heteroatoms. The van der Waals surface area contributed by atoms with Crippen LogP contribution in [0.4, 0.5) is 32.0 Å². The van der Waals surface area contributed by atoms with Crippen molar-refractivity contribution in [2.75, 3.05) is 0 Å². The number of aromatic carboxylic acids is 1. The van der Waals surface area contributed by atoms with Crippen LogP contribution in [0.1, 0.15) is 21.5 Å². The quantitative estimate of drug-likeness (QED) is 0.516. The van der Waals surface area contributed by atoms with Crippen LogP contribution < -0.4 is 0 Å². The Kier molecular flexibility index (Phi) is 3.66. The van der Waals surface area contributed by atoms with Crippen molar-refractivity contribution >= 4 is 11.7 Å². The number of alkyl halides is 6. The molecule has 20 heavy (non-hydrogen) atoms. The van der Waals surface area contributed by atoms with E-state index in [1.54, 1.807) is 0 Å². The van der Waals surface area contributed by atoms with Gasteiger partial charge < -0.3 is 5.11 Å². The maximum Gasteiger partial charge on any atom is 0.423 e. The molecule has 0 fully saturated rings. The van der Waals surface area contributed by atoms with E-state index in [2.05, 4.69) is 0 Å². The molecule has 0 atom stereocenters. The smallest absolute Gasteiger partial charge is 0.423 e. The Labute approximate surface area is 105 Å². The molecular formula is C9H3F6NO4. The minimum absolute atomic E-state index is 0.256. The molecule has 0 saturated heterocycles. The number of carbonyl (C=O) groups is 1. The van der Waals surface area contributed by atoms with Crippen LogP contribution in [0.5, 0.6) is 0 Å². The molecule has 1 aromatic rings. The first-order valence-electron chi connectivity index (χ1n) is 4.56. The zero-order chi connectivity index (χ0) is 15.9. The van der Waals surface area contributed by atoms with E-state index >= 15 is 0 Å². The second-order valence-corrected chi connectivity index (χ2v) is 3.47. The largest absolute Gasteiger partial charge is 0.478 e. The highest BCUT2D eigenvalue weighted by atomic mass is 19.4. The van der Waals surface area contributed by atoms with Crippen molar-refractivity contribution in [2.24, 2.45) is 0 Å². The molecule has 110 valence electrons. The summed E-state index contributed by atoms with van der Waals surface area (Å²) in [6, 6.07) is -0.838. The van der Waals surface area contributed by atoms with Crippen molar-refractivity contribution in [1.82, 2.24) is 0 Å². The highest BCUT2D eigenvalue weighted by molar-refractivity contribution is 5.91. The van der Waals surface area contributed by atoms with Gasteiger partial charge in [0.25, 0.3) is 5.69 Å². The molecule has 0 spiro atoms. The molecule has 0 saturated carbocycles. The van der Waals surface area contributed by atoms with Gasteiger partial charge in [-0.05, 0) is 6.07 Å². The molecule has 0 aliphatic carbocycles. The van der Waals surface area contributed by atoms with Crippen LogP contribution in [0.3, 0.4) is 0 Å². The second-order valence-electron chi connectivity index (χ2n) is 3.47. The lowest BCUT2D eigenvalue weighted by Crippen LogP contribution is -2.17. The van der Waals surface area contributed by atoms with Crippen LogP contribution in [-0.2, 0) is 12.4 Å². The molecule has 0 unspecified atom stereocenters. The molecule has 0 radical (unpaired) electrons. The summed E-state index contributed by atoms with van der Waals surface area (Å²) in [6.45, 7) is 0. The van der Waals surface area contributed by atoms with Crippen LogP contribution in [-0.4, -0.2) is 16.0 Å². The molecule has 5 nitrogen and oxygen atoms in total. The van der Waals surface area contributed by atoms with Gasteiger partial charge in [-0.3, -0.25) is 10.1 Å². The van der Waals surface area contributed by atoms with E-state index < -0.39 is 51.7 Å². The molecule has 0 aliphatic heterocycles. The van der Waals surface area contributed by atoms with E-state index in [1.807, 2.05) is 0 Å². The molecule has 0 amide bonds. The van der Waals surface area contributed by atoms with E-state index in [9.17, 15) is 41.3 Å². The first-order valence-corrected chi connectivity index (χ1v) is 4.56. The third-order valence-electron chi connectivity index (χ3n) is 2.17. The zero-order valence-electron chi connectivity index (χ0n) is 9.04. The summed E-state index contributed by atoms with van der Waals surface area (Å²) in [5, 5.41) is 19.0. The monoisotopic (exact) mass is 303 g/mol. The van der Waals surface area contributed by atoms with Gasteiger partial charge in [0.05, 0.1) is 16.1 Å². The van der Waals surface area contributed by atoms with Crippen LogP contribution in [0.25, 0.3) is 0 Å². The third-order valence-corrected chi connectivity index (χ3v) is 2.17. The maximum atomic E-state index is 12.5. The van der Waals surface area contributed by atoms with E-state index in [1.165, 1.54) is 0 Å². The Hall–Kier alpha value is -2.33. The molecule has 0 heterocycles. The summed E-state index contributed by atoms with van der Waals surface area (Å²) in [5.41, 5.74) is -7.66. The molecule has 0 aliphatic rings. The molecule has 0 aromatic heterocycles. The van der Waals surface area contributed by atoms with Gasteiger partial charge in [-0.15, -0.1) is 0 Å². The Bertz CT molecular complexity index is 530.